The number of rotatable bonds is 2. The van der Waals surface area contributed by atoms with Crippen LogP contribution in [0, 0.1) is 6.92 Å². The first-order chi connectivity index (χ1) is 10.2. The molecule has 0 bridgehead atoms. The minimum Gasteiger partial charge on any atom is -0.408 e. The lowest BCUT2D eigenvalue weighted by molar-refractivity contribution is 0.207. The van der Waals surface area contributed by atoms with Gasteiger partial charge in [0.25, 0.3) is 0 Å². The summed E-state index contributed by atoms with van der Waals surface area (Å²) in [5.41, 5.74) is 0.803. The van der Waals surface area contributed by atoms with Crippen molar-refractivity contribution in [3.8, 4) is 0 Å². The third-order valence-corrected chi connectivity index (χ3v) is 3.38. The van der Waals surface area contributed by atoms with Crippen LogP contribution in [0.4, 0.5) is 16.5 Å². The molecule has 1 N–H and O–H groups in total. The van der Waals surface area contributed by atoms with E-state index in [2.05, 4.69) is 15.5 Å². The summed E-state index contributed by atoms with van der Waals surface area (Å²) in [4.78, 5) is 15.9. The topological polar surface area (TPSA) is 74.5 Å². The van der Waals surface area contributed by atoms with Crippen molar-refractivity contribution < 1.29 is 9.21 Å². The Morgan fingerprint density at radius 3 is 2.48 bits per heavy atom. The number of nitrogens with zero attached hydrogens (tertiary/aromatic N) is 4. The molecule has 0 atom stereocenters. The van der Waals surface area contributed by atoms with Gasteiger partial charge in [-0.25, -0.2) is 4.79 Å². The van der Waals surface area contributed by atoms with Crippen molar-refractivity contribution >= 4 is 17.7 Å². The Morgan fingerprint density at radius 1 is 1.14 bits per heavy atom. The standard InChI is InChI=1S/C14H17N5O2/c1-11-16-17-14(21-11)19-9-7-18(8-10-19)13(20)15-12-5-3-2-4-6-12/h2-6H,7-10H2,1H3,(H,15,20). The number of amides is 2. The molecule has 2 amide bonds. The molecule has 21 heavy (non-hydrogen) atoms. The number of anilines is 2. The Morgan fingerprint density at radius 2 is 1.86 bits per heavy atom. The predicted octanol–water partition coefficient (Wildman–Crippen LogP) is 1.73. The summed E-state index contributed by atoms with van der Waals surface area (Å²) < 4.78 is 5.40. The van der Waals surface area contributed by atoms with Crippen LogP contribution in [0.3, 0.4) is 0 Å². The molecule has 3 rings (SSSR count). The zero-order chi connectivity index (χ0) is 14.7. The number of nitrogens with one attached hydrogen (secondary N) is 1. The van der Waals surface area contributed by atoms with Crippen LogP contribution in [0.2, 0.25) is 0 Å². The summed E-state index contributed by atoms with van der Waals surface area (Å²) in [6, 6.07) is 9.89. The second-order valence-electron chi connectivity index (χ2n) is 4.87. The van der Waals surface area contributed by atoms with Crippen LogP contribution in [-0.4, -0.2) is 47.3 Å². The molecule has 1 saturated heterocycles. The molecule has 1 fully saturated rings. The van der Waals surface area contributed by atoms with Crippen LogP contribution >= 0.6 is 0 Å². The van der Waals surface area contributed by atoms with Gasteiger partial charge in [0.2, 0.25) is 5.89 Å². The molecular weight excluding hydrogens is 270 g/mol. The van der Waals surface area contributed by atoms with Gasteiger partial charge in [-0.2, -0.15) is 0 Å². The number of piperazine rings is 1. The highest BCUT2D eigenvalue weighted by molar-refractivity contribution is 5.89. The molecule has 0 radical (unpaired) electrons. The molecule has 1 aromatic heterocycles. The van der Waals surface area contributed by atoms with Gasteiger partial charge in [-0.1, -0.05) is 23.3 Å². The van der Waals surface area contributed by atoms with Crippen LogP contribution in [0.1, 0.15) is 5.89 Å². The largest absolute Gasteiger partial charge is 0.408 e. The second-order valence-corrected chi connectivity index (χ2v) is 4.87. The number of benzene rings is 1. The molecule has 2 heterocycles. The van der Waals surface area contributed by atoms with Gasteiger partial charge in [-0.3, -0.25) is 0 Å². The molecule has 1 aromatic carbocycles. The normalized spacial score (nSPS) is 15.1. The number of aryl methyl sites for hydroxylation is 1. The van der Waals surface area contributed by atoms with Gasteiger partial charge >= 0.3 is 12.0 Å². The van der Waals surface area contributed by atoms with Gasteiger partial charge < -0.3 is 19.5 Å². The van der Waals surface area contributed by atoms with Gasteiger partial charge in [-0.15, -0.1) is 5.10 Å². The maximum atomic E-state index is 12.2. The Labute approximate surface area is 122 Å². The van der Waals surface area contributed by atoms with Crippen LogP contribution in [0.5, 0.6) is 0 Å². The predicted molar refractivity (Wildman–Crippen MR) is 78.3 cm³/mol. The Bertz CT molecular complexity index is 605. The highest BCUT2D eigenvalue weighted by Crippen LogP contribution is 2.15. The summed E-state index contributed by atoms with van der Waals surface area (Å²) >= 11 is 0. The van der Waals surface area contributed by atoms with E-state index < -0.39 is 0 Å². The van der Waals surface area contributed by atoms with E-state index >= 15 is 0 Å². The number of hydrogen-bond acceptors (Lipinski definition) is 5. The average molecular weight is 287 g/mol. The maximum Gasteiger partial charge on any atom is 0.321 e. The van der Waals surface area contributed by atoms with Crippen LogP contribution in [0.15, 0.2) is 34.7 Å². The van der Waals surface area contributed by atoms with E-state index in [4.69, 9.17) is 4.42 Å². The minimum absolute atomic E-state index is 0.0810. The van der Waals surface area contributed by atoms with E-state index in [9.17, 15) is 4.79 Å². The van der Waals surface area contributed by atoms with E-state index in [1.54, 1.807) is 11.8 Å². The number of carbonyl (C=O) groups is 1. The van der Waals surface area contributed by atoms with Crippen molar-refractivity contribution in [2.24, 2.45) is 0 Å². The van der Waals surface area contributed by atoms with E-state index in [-0.39, 0.29) is 6.03 Å². The average Bonchev–Trinajstić information content (AvgIpc) is 2.95. The van der Waals surface area contributed by atoms with Crippen molar-refractivity contribution in [2.45, 2.75) is 6.92 Å². The lowest BCUT2D eigenvalue weighted by Gasteiger charge is -2.33. The number of aromatic nitrogens is 2. The van der Waals surface area contributed by atoms with E-state index in [0.29, 0.717) is 38.1 Å². The summed E-state index contributed by atoms with van der Waals surface area (Å²) in [6.45, 7) is 4.38. The Balaban J connectivity index is 1.54. The summed E-state index contributed by atoms with van der Waals surface area (Å²) in [5.74, 6) is 0.550. The van der Waals surface area contributed by atoms with E-state index in [1.165, 1.54) is 0 Å². The van der Waals surface area contributed by atoms with Gasteiger partial charge in [0.05, 0.1) is 0 Å². The van der Waals surface area contributed by atoms with Crippen molar-refractivity contribution in [2.75, 3.05) is 36.4 Å². The molecule has 7 nitrogen and oxygen atoms in total. The Hall–Kier alpha value is -2.57. The first-order valence-corrected chi connectivity index (χ1v) is 6.88. The van der Waals surface area contributed by atoms with Gasteiger partial charge in [0, 0.05) is 38.8 Å². The molecule has 1 aliphatic heterocycles. The first-order valence-electron chi connectivity index (χ1n) is 6.88. The van der Waals surface area contributed by atoms with E-state index in [0.717, 1.165) is 5.69 Å². The van der Waals surface area contributed by atoms with Crippen molar-refractivity contribution in [3.63, 3.8) is 0 Å². The zero-order valence-electron chi connectivity index (χ0n) is 11.8. The zero-order valence-corrected chi connectivity index (χ0v) is 11.8. The van der Waals surface area contributed by atoms with Crippen LogP contribution in [0.25, 0.3) is 0 Å². The molecule has 1 aliphatic rings. The fourth-order valence-electron chi connectivity index (χ4n) is 2.24. The fraction of sp³-hybridized carbons (Fsp3) is 0.357. The van der Waals surface area contributed by atoms with Crippen molar-refractivity contribution in [3.05, 3.63) is 36.2 Å². The molecule has 0 unspecified atom stereocenters. The van der Waals surface area contributed by atoms with Crippen molar-refractivity contribution in [1.82, 2.24) is 15.1 Å². The van der Waals surface area contributed by atoms with Gasteiger partial charge in [0.1, 0.15) is 0 Å². The molecule has 0 saturated carbocycles. The smallest absolute Gasteiger partial charge is 0.321 e. The highest BCUT2D eigenvalue weighted by atomic mass is 16.4. The summed E-state index contributed by atoms with van der Waals surface area (Å²) in [7, 11) is 0. The minimum atomic E-state index is -0.0810. The summed E-state index contributed by atoms with van der Waals surface area (Å²) in [6.07, 6.45) is 0. The number of para-hydroxylation sites is 1. The highest BCUT2D eigenvalue weighted by Gasteiger charge is 2.23. The molecule has 110 valence electrons. The number of carbonyl (C=O) groups excluding carboxylic acids is 1. The molecule has 7 heteroatoms. The summed E-state index contributed by atoms with van der Waals surface area (Å²) in [5, 5.41) is 10.7. The van der Waals surface area contributed by atoms with Crippen LogP contribution in [-0.2, 0) is 0 Å². The number of hydrogen-bond donors (Lipinski definition) is 1. The second kappa shape index (κ2) is 5.82. The van der Waals surface area contributed by atoms with Gasteiger partial charge in [0.15, 0.2) is 0 Å². The molecular formula is C14H17N5O2. The fourth-order valence-corrected chi connectivity index (χ4v) is 2.24. The quantitative estimate of drug-likeness (QED) is 0.910. The van der Waals surface area contributed by atoms with Crippen LogP contribution < -0.4 is 10.2 Å². The van der Waals surface area contributed by atoms with E-state index in [1.807, 2.05) is 35.2 Å². The SMILES string of the molecule is Cc1nnc(N2CCN(C(=O)Nc3ccccc3)CC2)o1. The molecule has 2 aromatic rings. The lowest BCUT2D eigenvalue weighted by Crippen LogP contribution is -2.50. The maximum absolute atomic E-state index is 12.2. The Kier molecular flexibility index (Phi) is 3.72. The third kappa shape index (κ3) is 3.13. The third-order valence-electron chi connectivity index (χ3n) is 3.38. The van der Waals surface area contributed by atoms with Gasteiger partial charge in [-0.05, 0) is 12.1 Å². The first kappa shape index (κ1) is 13.4. The molecule has 0 spiro atoms. The number of urea groups is 1. The lowest BCUT2D eigenvalue weighted by atomic mass is 10.3. The molecule has 0 aliphatic carbocycles. The van der Waals surface area contributed by atoms with Crippen molar-refractivity contribution in [1.29, 1.82) is 0 Å². The monoisotopic (exact) mass is 287 g/mol.